The van der Waals surface area contributed by atoms with Crippen LogP contribution in [0.25, 0.3) is 21.8 Å². The van der Waals surface area contributed by atoms with Gasteiger partial charge in [0.15, 0.2) is 9.84 Å². The summed E-state index contributed by atoms with van der Waals surface area (Å²) >= 11 is 0. The van der Waals surface area contributed by atoms with Gasteiger partial charge in [0.25, 0.3) is 0 Å². The molecule has 0 spiro atoms. The molecule has 140 valence electrons. The zero-order valence-electron chi connectivity index (χ0n) is 15.3. The lowest BCUT2D eigenvalue weighted by Crippen LogP contribution is -2.14. The summed E-state index contributed by atoms with van der Waals surface area (Å²) in [4.78, 5) is 4.52. The summed E-state index contributed by atoms with van der Waals surface area (Å²) < 4.78 is 25.4. The Morgan fingerprint density at radius 2 is 2.00 bits per heavy atom. The highest BCUT2D eigenvalue weighted by Gasteiger charge is 2.23. The molecule has 0 bridgehead atoms. The Morgan fingerprint density at radius 1 is 1.18 bits per heavy atom. The molecule has 2 N–H and O–H groups in total. The number of sulfone groups is 1. The van der Waals surface area contributed by atoms with Crippen molar-refractivity contribution in [2.24, 2.45) is 0 Å². The summed E-state index contributed by atoms with van der Waals surface area (Å²) in [5.41, 5.74) is 2.93. The smallest absolute Gasteiger partial charge is 0.182 e. The molecule has 7 nitrogen and oxygen atoms in total. The zero-order valence-corrected chi connectivity index (χ0v) is 16.1. The first-order valence-electron chi connectivity index (χ1n) is 8.67. The van der Waals surface area contributed by atoms with Crippen molar-refractivity contribution in [3.8, 4) is 6.07 Å². The van der Waals surface area contributed by atoms with E-state index in [0.717, 1.165) is 10.9 Å². The van der Waals surface area contributed by atoms with Crippen LogP contribution in [0.15, 0.2) is 53.7 Å². The molecule has 0 aliphatic heterocycles. The van der Waals surface area contributed by atoms with Crippen LogP contribution in [-0.2, 0) is 9.84 Å². The molecule has 0 aliphatic carbocycles. The van der Waals surface area contributed by atoms with Crippen molar-refractivity contribution in [1.82, 2.24) is 15.2 Å². The van der Waals surface area contributed by atoms with Gasteiger partial charge in [-0.05, 0) is 38.1 Å². The zero-order chi connectivity index (χ0) is 19.9. The van der Waals surface area contributed by atoms with Crippen molar-refractivity contribution < 1.29 is 8.42 Å². The number of benzene rings is 2. The number of nitrogens with zero attached hydrogens (tertiary/aromatic N) is 3. The Balaban J connectivity index is 1.89. The molecule has 4 aromatic rings. The van der Waals surface area contributed by atoms with Gasteiger partial charge in [-0.3, -0.25) is 10.1 Å². The fraction of sp³-hybridized carbons (Fsp3) is 0.150. The maximum absolute atomic E-state index is 12.7. The van der Waals surface area contributed by atoms with Gasteiger partial charge in [-0.2, -0.15) is 10.4 Å². The highest BCUT2D eigenvalue weighted by molar-refractivity contribution is 7.92. The largest absolute Gasteiger partial charge is 0.354 e. The lowest BCUT2D eigenvalue weighted by atomic mass is 10.1. The summed E-state index contributed by atoms with van der Waals surface area (Å²) in [7, 11) is -3.48. The van der Waals surface area contributed by atoms with Crippen LogP contribution in [0, 0.1) is 11.3 Å². The van der Waals surface area contributed by atoms with Gasteiger partial charge in [0.1, 0.15) is 6.07 Å². The molecule has 8 heteroatoms. The Morgan fingerprint density at radius 3 is 2.75 bits per heavy atom. The molecule has 28 heavy (non-hydrogen) atoms. The molecule has 0 saturated heterocycles. The van der Waals surface area contributed by atoms with Crippen molar-refractivity contribution >= 4 is 43.0 Å². The highest BCUT2D eigenvalue weighted by Crippen LogP contribution is 2.32. The number of pyridine rings is 1. The molecule has 0 atom stereocenters. The van der Waals surface area contributed by atoms with Gasteiger partial charge in [0.05, 0.1) is 38.6 Å². The average molecular weight is 391 g/mol. The number of nitrogens with one attached hydrogen (secondary N) is 2. The summed E-state index contributed by atoms with van der Waals surface area (Å²) in [6.45, 7) is 3.30. The van der Waals surface area contributed by atoms with Crippen LogP contribution in [0.2, 0.25) is 0 Å². The van der Waals surface area contributed by atoms with Crippen LogP contribution in [0.1, 0.15) is 19.4 Å². The van der Waals surface area contributed by atoms with Crippen molar-refractivity contribution in [3.05, 3.63) is 54.4 Å². The molecule has 0 unspecified atom stereocenters. The third kappa shape index (κ3) is 2.86. The number of hydrogen-bond donors (Lipinski definition) is 2. The second-order valence-corrected chi connectivity index (χ2v) is 9.17. The molecule has 0 amide bonds. The molecule has 0 fully saturated rings. The van der Waals surface area contributed by atoms with Crippen LogP contribution in [0.3, 0.4) is 0 Å². The van der Waals surface area contributed by atoms with Gasteiger partial charge in [0, 0.05) is 22.7 Å². The van der Waals surface area contributed by atoms with E-state index < -0.39 is 15.1 Å². The monoisotopic (exact) mass is 391 g/mol. The topological polar surface area (TPSA) is 112 Å². The van der Waals surface area contributed by atoms with Gasteiger partial charge in [-0.25, -0.2) is 8.42 Å². The maximum atomic E-state index is 12.7. The number of H-pyrrole nitrogens is 1. The molecule has 2 heterocycles. The van der Waals surface area contributed by atoms with Crippen LogP contribution in [0.4, 0.5) is 11.4 Å². The van der Waals surface area contributed by atoms with E-state index in [1.165, 1.54) is 0 Å². The number of aromatic amines is 1. The first-order chi connectivity index (χ1) is 13.4. The molecular weight excluding hydrogens is 374 g/mol. The van der Waals surface area contributed by atoms with Gasteiger partial charge in [-0.15, -0.1) is 0 Å². The normalized spacial score (nSPS) is 11.8. The fourth-order valence-corrected chi connectivity index (χ4v) is 4.28. The summed E-state index contributed by atoms with van der Waals surface area (Å²) in [6.07, 6.45) is 3.22. The second-order valence-electron chi connectivity index (χ2n) is 6.70. The predicted octanol–water partition coefficient (Wildman–Crippen LogP) is 3.91. The number of rotatable bonds is 4. The van der Waals surface area contributed by atoms with Gasteiger partial charge in [0.2, 0.25) is 0 Å². The van der Waals surface area contributed by atoms with E-state index >= 15 is 0 Å². The SMILES string of the molecule is CC(C)S(=O)(=O)c1cccc2c(Nc3cc4[nH]ncc4cc3C#N)ccnc12. The molecule has 0 radical (unpaired) electrons. The minimum absolute atomic E-state index is 0.202. The van der Waals surface area contributed by atoms with Gasteiger partial charge < -0.3 is 5.32 Å². The van der Waals surface area contributed by atoms with E-state index in [1.807, 2.05) is 12.1 Å². The lowest BCUT2D eigenvalue weighted by molar-refractivity contribution is 0.588. The molecular formula is C20H17N5O2S. The highest BCUT2D eigenvalue weighted by atomic mass is 32.2. The van der Waals surface area contributed by atoms with Crippen LogP contribution < -0.4 is 5.32 Å². The first kappa shape index (κ1) is 17.9. The number of nitriles is 1. The van der Waals surface area contributed by atoms with Crippen LogP contribution in [-0.4, -0.2) is 28.8 Å². The first-order valence-corrected chi connectivity index (χ1v) is 10.2. The Labute approximate surface area is 161 Å². The summed E-state index contributed by atoms with van der Waals surface area (Å²) in [5.74, 6) is 0. The molecule has 0 saturated carbocycles. The van der Waals surface area contributed by atoms with Gasteiger partial charge in [-0.1, -0.05) is 12.1 Å². The Bertz CT molecular complexity index is 1350. The standard InChI is InChI=1S/C20H17N5O2S/c1-12(2)28(26,27)19-5-3-4-15-16(6-7-22-20(15)19)24-17-9-18-14(11-23-25-18)8-13(17)10-21/h3-9,11-12H,1-2H3,(H,22,24)(H,23,25). The molecule has 2 aromatic heterocycles. The summed E-state index contributed by atoms with van der Waals surface area (Å²) in [5, 5.41) is 20.6. The molecule has 2 aromatic carbocycles. The number of anilines is 2. The molecule has 4 rings (SSSR count). The Kier molecular flexibility index (Phi) is 4.24. The predicted molar refractivity (Wildman–Crippen MR) is 108 cm³/mol. The average Bonchev–Trinajstić information content (AvgIpc) is 3.14. The third-order valence-electron chi connectivity index (χ3n) is 4.63. The van der Waals surface area contributed by atoms with Crippen molar-refractivity contribution in [1.29, 1.82) is 5.26 Å². The van der Waals surface area contributed by atoms with Crippen molar-refractivity contribution in [3.63, 3.8) is 0 Å². The minimum Gasteiger partial charge on any atom is -0.354 e. The third-order valence-corrected chi connectivity index (χ3v) is 6.81. The van der Waals surface area contributed by atoms with E-state index in [-0.39, 0.29) is 4.90 Å². The number of fused-ring (bicyclic) bond motifs is 2. The van der Waals surface area contributed by atoms with E-state index in [9.17, 15) is 13.7 Å². The lowest BCUT2D eigenvalue weighted by Gasteiger charge is -2.14. The number of aromatic nitrogens is 3. The van der Waals surface area contributed by atoms with Crippen molar-refractivity contribution in [2.75, 3.05) is 5.32 Å². The second kappa shape index (κ2) is 6.62. The number of hydrogen-bond acceptors (Lipinski definition) is 6. The quantitative estimate of drug-likeness (QED) is 0.545. The van der Waals surface area contributed by atoms with Crippen molar-refractivity contribution in [2.45, 2.75) is 24.0 Å². The fourth-order valence-electron chi connectivity index (χ4n) is 3.07. The van der Waals surface area contributed by atoms with Gasteiger partial charge >= 0.3 is 0 Å². The number of para-hydroxylation sites is 1. The van der Waals surface area contributed by atoms with Crippen LogP contribution in [0.5, 0.6) is 0 Å². The van der Waals surface area contributed by atoms with E-state index in [0.29, 0.717) is 27.8 Å². The Hall–Kier alpha value is -3.44. The van der Waals surface area contributed by atoms with E-state index in [2.05, 4.69) is 26.6 Å². The summed E-state index contributed by atoms with van der Waals surface area (Å²) in [6, 6.07) is 12.6. The van der Waals surface area contributed by atoms with E-state index in [4.69, 9.17) is 0 Å². The van der Waals surface area contributed by atoms with Crippen LogP contribution >= 0.6 is 0 Å². The minimum atomic E-state index is -3.48. The molecule has 0 aliphatic rings. The maximum Gasteiger partial charge on any atom is 0.182 e. The van der Waals surface area contributed by atoms with E-state index in [1.54, 1.807) is 50.5 Å².